The van der Waals surface area contributed by atoms with Gasteiger partial charge in [0.2, 0.25) is 0 Å². The molecule has 0 aromatic heterocycles. The van der Waals surface area contributed by atoms with E-state index in [0.717, 1.165) is 11.1 Å². The van der Waals surface area contributed by atoms with E-state index >= 15 is 0 Å². The third-order valence-electron chi connectivity index (χ3n) is 5.14. The highest BCUT2D eigenvalue weighted by Crippen LogP contribution is 2.46. The first-order chi connectivity index (χ1) is 14.3. The quantitative estimate of drug-likeness (QED) is 0.490. The van der Waals surface area contributed by atoms with Crippen LogP contribution in [0.5, 0.6) is 11.5 Å². The van der Waals surface area contributed by atoms with E-state index in [0.29, 0.717) is 33.7 Å². The fourth-order valence-corrected chi connectivity index (χ4v) is 4.55. The van der Waals surface area contributed by atoms with Crippen LogP contribution in [0, 0.1) is 0 Å². The van der Waals surface area contributed by atoms with Gasteiger partial charge in [0, 0.05) is 17.0 Å². The van der Waals surface area contributed by atoms with Gasteiger partial charge in [-0.15, -0.1) is 0 Å². The predicted octanol–water partition coefficient (Wildman–Crippen LogP) is 5.85. The van der Waals surface area contributed by atoms with Gasteiger partial charge in [-0.2, -0.15) is 8.42 Å². The Morgan fingerprint density at radius 2 is 1.63 bits per heavy atom. The second-order valence-corrected chi connectivity index (χ2v) is 9.27. The zero-order chi connectivity index (χ0) is 21.5. The van der Waals surface area contributed by atoms with Crippen LogP contribution in [0.25, 0.3) is 11.1 Å². The van der Waals surface area contributed by atoms with Crippen molar-refractivity contribution in [3.05, 3.63) is 76.3 Å². The van der Waals surface area contributed by atoms with Crippen molar-refractivity contribution >= 4 is 33.3 Å². The van der Waals surface area contributed by atoms with Gasteiger partial charge in [-0.3, -0.25) is 4.55 Å². The van der Waals surface area contributed by atoms with E-state index in [1.807, 2.05) is 25.1 Å². The first-order valence-electron chi connectivity index (χ1n) is 9.20. The van der Waals surface area contributed by atoms with Gasteiger partial charge in [0.05, 0.1) is 14.9 Å². The van der Waals surface area contributed by atoms with Crippen LogP contribution in [0.2, 0.25) is 10.0 Å². The summed E-state index contributed by atoms with van der Waals surface area (Å²) in [7, 11) is -4.24. The Morgan fingerprint density at radius 1 is 1.00 bits per heavy atom. The van der Waals surface area contributed by atoms with Gasteiger partial charge in [0.15, 0.2) is 11.5 Å². The normalized spacial score (nSPS) is 16.9. The largest absolute Gasteiger partial charge is 0.486 e. The molecule has 8 heteroatoms. The zero-order valence-corrected chi connectivity index (χ0v) is 18.2. The van der Waals surface area contributed by atoms with Crippen LogP contribution in [0.1, 0.15) is 18.4 Å². The lowest BCUT2D eigenvalue weighted by molar-refractivity contribution is 0.0756. The number of ether oxygens (including phenoxy) is 2. The molecular weight excluding hydrogens is 447 g/mol. The Bertz CT molecular complexity index is 1170. The molecule has 0 saturated carbocycles. The second kappa shape index (κ2) is 8.12. The summed E-state index contributed by atoms with van der Waals surface area (Å²) in [6.07, 6.45) is -0.323. The summed E-state index contributed by atoms with van der Waals surface area (Å²) in [5.41, 5.74) is 2.27. The summed E-state index contributed by atoms with van der Waals surface area (Å²) in [6.45, 7) is 2.29. The fraction of sp³-hybridized carbons (Fsp3) is 0.182. The van der Waals surface area contributed by atoms with Crippen molar-refractivity contribution in [1.82, 2.24) is 0 Å². The summed E-state index contributed by atoms with van der Waals surface area (Å²) in [4.78, 5) is -0.153. The van der Waals surface area contributed by atoms with Crippen LogP contribution in [-0.4, -0.2) is 25.7 Å². The van der Waals surface area contributed by atoms with Crippen molar-refractivity contribution in [3.8, 4) is 22.6 Å². The number of para-hydroxylation sites is 1. The van der Waals surface area contributed by atoms with E-state index in [1.54, 1.807) is 30.3 Å². The summed E-state index contributed by atoms with van der Waals surface area (Å²) in [5.74, 6) is 1.06. The predicted molar refractivity (Wildman–Crippen MR) is 116 cm³/mol. The molecule has 156 valence electrons. The molecule has 0 fully saturated rings. The van der Waals surface area contributed by atoms with Crippen molar-refractivity contribution in [2.75, 3.05) is 6.61 Å². The van der Waals surface area contributed by atoms with Gasteiger partial charge in [-0.25, -0.2) is 0 Å². The standard InChI is InChI=1S/C22H18Cl2O5S/c1-13(14-8-10-15(11-9-14)30(25,26)27)20-12-28-19-7-2-4-16(22(19)29-20)21-17(23)5-3-6-18(21)24/h2-11,13,20H,12H2,1H3,(H,25,26,27)/t13-,20?/m1/s1. The Balaban J connectivity index is 1.67. The van der Waals surface area contributed by atoms with E-state index in [4.69, 9.17) is 37.2 Å². The first-order valence-corrected chi connectivity index (χ1v) is 11.4. The molecule has 1 unspecified atom stereocenters. The average molecular weight is 465 g/mol. The number of hydrogen-bond donors (Lipinski definition) is 1. The van der Waals surface area contributed by atoms with Crippen LogP contribution in [0.15, 0.2) is 65.6 Å². The molecule has 0 spiro atoms. The molecule has 1 aliphatic heterocycles. The Hall–Kier alpha value is -2.25. The van der Waals surface area contributed by atoms with Crippen LogP contribution >= 0.6 is 23.2 Å². The number of fused-ring (bicyclic) bond motifs is 1. The minimum atomic E-state index is -4.24. The van der Waals surface area contributed by atoms with E-state index in [2.05, 4.69) is 0 Å². The van der Waals surface area contributed by atoms with E-state index in [-0.39, 0.29) is 16.9 Å². The monoisotopic (exact) mass is 464 g/mol. The van der Waals surface area contributed by atoms with Gasteiger partial charge in [0.1, 0.15) is 12.7 Å². The molecule has 0 aliphatic carbocycles. The molecule has 3 aromatic rings. The molecular formula is C22H18Cl2O5S. The number of rotatable bonds is 4. The van der Waals surface area contributed by atoms with E-state index in [1.165, 1.54) is 12.1 Å². The van der Waals surface area contributed by atoms with Crippen molar-refractivity contribution < 1.29 is 22.4 Å². The summed E-state index contributed by atoms with van der Waals surface area (Å²) >= 11 is 12.8. The van der Waals surface area contributed by atoms with Crippen molar-refractivity contribution in [2.24, 2.45) is 0 Å². The van der Waals surface area contributed by atoms with Crippen molar-refractivity contribution in [3.63, 3.8) is 0 Å². The molecule has 1 N–H and O–H groups in total. The minimum Gasteiger partial charge on any atom is -0.486 e. The third-order valence-corrected chi connectivity index (χ3v) is 6.64. The number of benzene rings is 3. The number of hydrogen-bond acceptors (Lipinski definition) is 4. The Labute approximate surface area is 184 Å². The van der Waals surface area contributed by atoms with Gasteiger partial charge in [0.25, 0.3) is 10.1 Å². The Morgan fingerprint density at radius 3 is 2.27 bits per heavy atom. The molecule has 5 nitrogen and oxygen atoms in total. The maximum absolute atomic E-state index is 11.3. The lowest BCUT2D eigenvalue weighted by Crippen LogP contribution is -2.34. The lowest BCUT2D eigenvalue weighted by atomic mass is 9.94. The molecule has 3 aromatic carbocycles. The molecule has 4 rings (SSSR count). The smallest absolute Gasteiger partial charge is 0.294 e. The van der Waals surface area contributed by atoms with Crippen molar-refractivity contribution in [2.45, 2.75) is 23.8 Å². The van der Waals surface area contributed by atoms with Crippen LogP contribution < -0.4 is 9.47 Å². The molecule has 0 saturated heterocycles. The molecule has 30 heavy (non-hydrogen) atoms. The summed E-state index contributed by atoms with van der Waals surface area (Å²) in [6, 6.07) is 16.9. The van der Waals surface area contributed by atoms with Gasteiger partial charge in [-0.1, -0.05) is 60.5 Å². The minimum absolute atomic E-state index is 0.108. The second-order valence-electron chi connectivity index (χ2n) is 7.03. The summed E-state index contributed by atoms with van der Waals surface area (Å²) in [5, 5.41) is 1.02. The highest BCUT2D eigenvalue weighted by atomic mass is 35.5. The Kier molecular flexibility index (Phi) is 5.68. The van der Waals surface area contributed by atoms with E-state index < -0.39 is 10.1 Å². The van der Waals surface area contributed by atoms with Gasteiger partial charge in [-0.05, 0) is 35.9 Å². The van der Waals surface area contributed by atoms with Crippen LogP contribution in [0.4, 0.5) is 0 Å². The molecule has 1 aliphatic rings. The maximum atomic E-state index is 11.3. The third kappa shape index (κ3) is 4.01. The van der Waals surface area contributed by atoms with Crippen LogP contribution in [-0.2, 0) is 10.1 Å². The lowest BCUT2D eigenvalue weighted by Gasteiger charge is -2.32. The molecule has 2 atom stereocenters. The molecule has 0 radical (unpaired) electrons. The fourth-order valence-electron chi connectivity index (χ4n) is 3.46. The molecule has 0 amide bonds. The van der Waals surface area contributed by atoms with Gasteiger partial charge < -0.3 is 9.47 Å². The highest BCUT2D eigenvalue weighted by molar-refractivity contribution is 7.85. The molecule has 0 bridgehead atoms. The van der Waals surface area contributed by atoms with Crippen molar-refractivity contribution in [1.29, 1.82) is 0 Å². The highest BCUT2D eigenvalue weighted by Gasteiger charge is 2.30. The maximum Gasteiger partial charge on any atom is 0.294 e. The van der Waals surface area contributed by atoms with Gasteiger partial charge >= 0.3 is 0 Å². The summed E-state index contributed by atoms with van der Waals surface area (Å²) < 4.78 is 44.0. The SMILES string of the molecule is C[C@H](c1ccc(S(=O)(=O)O)cc1)C1COc2cccc(-c3c(Cl)cccc3Cl)c2O1. The zero-order valence-electron chi connectivity index (χ0n) is 15.9. The van der Waals surface area contributed by atoms with Crippen LogP contribution in [0.3, 0.4) is 0 Å². The molecule has 1 heterocycles. The van der Waals surface area contributed by atoms with E-state index in [9.17, 15) is 8.42 Å². The number of halogens is 2. The first kappa shape index (κ1) is 21.0. The topological polar surface area (TPSA) is 72.8 Å². The average Bonchev–Trinajstić information content (AvgIpc) is 2.72.